The standard InChI is InChI=1S/C29H24BrN3O7/c1-16-4-8-21(12-17(16)2)31-25(34)15-40-24-11-7-20(30)13-19(24)14-23-26(35)32-29(38)33(27(23)36)22-9-5-18(6-10-22)28(37)39-3/h4-14H,15H2,1-3H3,(H,31,34)(H,32,35,38)/b23-14-. The number of methoxy groups -OCH3 is 1. The van der Waals surface area contributed by atoms with E-state index in [1.807, 2.05) is 26.0 Å². The smallest absolute Gasteiger partial charge is 0.337 e. The number of halogens is 1. The molecule has 40 heavy (non-hydrogen) atoms. The summed E-state index contributed by atoms with van der Waals surface area (Å²) in [5.74, 6) is -2.52. The lowest BCUT2D eigenvalue weighted by Gasteiger charge is -2.26. The minimum Gasteiger partial charge on any atom is -0.483 e. The van der Waals surface area contributed by atoms with Crippen molar-refractivity contribution in [2.45, 2.75) is 13.8 Å². The van der Waals surface area contributed by atoms with Gasteiger partial charge in [0.2, 0.25) is 0 Å². The molecular formula is C29H24BrN3O7. The van der Waals surface area contributed by atoms with E-state index in [1.54, 1.807) is 24.3 Å². The van der Waals surface area contributed by atoms with Gasteiger partial charge in [-0.3, -0.25) is 19.7 Å². The summed E-state index contributed by atoms with van der Waals surface area (Å²) in [7, 11) is 1.23. The predicted molar refractivity (Wildman–Crippen MR) is 151 cm³/mol. The Morgan fingerprint density at radius 3 is 2.38 bits per heavy atom. The number of amides is 5. The van der Waals surface area contributed by atoms with Crippen LogP contribution < -0.4 is 20.3 Å². The molecule has 0 unspecified atom stereocenters. The number of benzene rings is 3. The molecule has 204 valence electrons. The number of barbiturate groups is 1. The van der Waals surface area contributed by atoms with Gasteiger partial charge in [0, 0.05) is 15.7 Å². The molecule has 1 saturated heterocycles. The lowest BCUT2D eigenvalue weighted by molar-refractivity contribution is -0.122. The van der Waals surface area contributed by atoms with Crippen LogP contribution in [0.15, 0.2) is 70.7 Å². The van der Waals surface area contributed by atoms with Crippen LogP contribution in [0.4, 0.5) is 16.2 Å². The lowest BCUT2D eigenvalue weighted by atomic mass is 10.1. The minimum atomic E-state index is -0.938. The van der Waals surface area contributed by atoms with Gasteiger partial charge in [-0.2, -0.15) is 0 Å². The molecule has 3 aromatic carbocycles. The minimum absolute atomic E-state index is 0.141. The average molecular weight is 606 g/mol. The summed E-state index contributed by atoms with van der Waals surface area (Å²) < 4.78 is 11.0. The zero-order chi connectivity index (χ0) is 29.0. The van der Waals surface area contributed by atoms with Crippen molar-refractivity contribution in [2.75, 3.05) is 23.9 Å². The van der Waals surface area contributed by atoms with E-state index in [4.69, 9.17) is 4.74 Å². The van der Waals surface area contributed by atoms with Gasteiger partial charge in [0.25, 0.3) is 17.7 Å². The number of nitrogens with zero attached hydrogens (tertiary/aromatic N) is 1. The molecular weight excluding hydrogens is 582 g/mol. The molecule has 5 amide bonds. The number of nitrogens with one attached hydrogen (secondary N) is 2. The highest BCUT2D eigenvalue weighted by atomic mass is 79.9. The molecule has 1 heterocycles. The van der Waals surface area contributed by atoms with Crippen LogP contribution >= 0.6 is 15.9 Å². The zero-order valence-electron chi connectivity index (χ0n) is 21.7. The molecule has 10 nitrogen and oxygen atoms in total. The Hall–Kier alpha value is -4.77. The topological polar surface area (TPSA) is 131 Å². The fraction of sp³-hybridized carbons (Fsp3) is 0.138. The van der Waals surface area contributed by atoms with Crippen LogP contribution in [0.1, 0.15) is 27.0 Å². The van der Waals surface area contributed by atoms with Crippen LogP contribution in [0.3, 0.4) is 0 Å². The van der Waals surface area contributed by atoms with Crippen molar-refractivity contribution in [1.82, 2.24) is 5.32 Å². The second-order valence-corrected chi connectivity index (χ2v) is 9.73. The van der Waals surface area contributed by atoms with Gasteiger partial charge in [-0.1, -0.05) is 22.0 Å². The fourth-order valence-corrected chi connectivity index (χ4v) is 4.21. The Bertz CT molecular complexity index is 1560. The molecule has 3 aromatic rings. The number of imide groups is 2. The number of carbonyl (C=O) groups is 5. The number of urea groups is 1. The first-order valence-corrected chi connectivity index (χ1v) is 12.8. The second-order valence-electron chi connectivity index (χ2n) is 8.81. The molecule has 2 N–H and O–H groups in total. The van der Waals surface area contributed by atoms with E-state index in [-0.39, 0.29) is 29.2 Å². The van der Waals surface area contributed by atoms with E-state index in [0.717, 1.165) is 16.0 Å². The number of hydrogen-bond donors (Lipinski definition) is 2. The number of esters is 1. The first kappa shape index (κ1) is 28.2. The van der Waals surface area contributed by atoms with Crippen molar-refractivity contribution < 1.29 is 33.4 Å². The largest absolute Gasteiger partial charge is 0.483 e. The molecule has 1 fully saturated rings. The van der Waals surface area contributed by atoms with Crippen molar-refractivity contribution in [3.8, 4) is 5.75 Å². The second kappa shape index (κ2) is 12.0. The molecule has 0 radical (unpaired) electrons. The summed E-state index contributed by atoms with van der Waals surface area (Å²) in [4.78, 5) is 63.6. The molecule has 1 aliphatic heterocycles. The van der Waals surface area contributed by atoms with Crippen LogP contribution in [0.25, 0.3) is 6.08 Å². The Labute approximate surface area is 238 Å². The van der Waals surface area contributed by atoms with Gasteiger partial charge in [0.05, 0.1) is 18.4 Å². The maximum absolute atomic E-state index is 13.3. The van der Waals surface area contributed by atoms with Crippen molar-refractivity contribution in [1.29, 1.82) is 0 Å². The Kier molecular flexibility index (Phi) is 8.44. The monoisotopic (exact) mass is 605 g/mol. The molecule has 0 spiro atoms. The summed E-state index contributed by atoms with van der Waals surface area (Å²) in [6.07, 6.45) is 1.28. The number of anilines is 2. The van der Waals surface area contributed by atoms with Crippen molar-refractivity contribution >= 4 is 63.1 Å². The maximum Gasteiger partial charge on any atom is 0.337 e. The number of aryl methyl sites for hydroxylation is 2. The third-order valence-corrected chi connectivity index (χ3v) is 6.56. The van der Waals surface area contributed by atoms with E-state index in [1.165, 1.54) is 37.5 Å². The van der Waals surface area contributed by atoms with Gasteiger partial charge in [-0.15, -0.1) is 0 Å². The zero-order valence-corrected chi connectivity index (χ0v) is 23.3. The summed E-state index contributed by atoms with van der Waals surface area (Å²) in [6.45, 7) is 3.58. The van der Waals surface area contributed by atoms with Crippen LogP contribution in [0, 0.1) is 13.8 Å². The van der Waals surface area contributed by atoms with Gasteiger partial charge >= 0.3 is 12.0 Å². The van der Waals surface area contributed by atoms with Gasteiger partial charge in [0.15, 0.2) is 6.61 Å². The van der Waals surface area contributed by atoms with Gasteiger partial charge in [0.1, 0.15) is 11.3 Å². The van der Waals surface area contributed by atoms with Crippen LogP contribution in [0.5, 0.6) is 5.75 Å². The van der Waals surface area contributed by atoms with E-state index in [9.17, 15) is 24.0 Å². The van der Waals surface area contributed by atoms with Gasteiger partial charge < -0.3 is 14.8 Å². The molecule has 0 saturated carbocycles. The Balaban J connectivity index is 1.56. The first-order chi connectivity index (χ1) is 19.1. The van der Waals surface area contributed by atoms with Crippen molar-refractivity contribution in [2.24, 2.45) is 0 Å². The quantitative estimate of drug-likeness (QED) is 0.230. The number of ether oxygens (including phenoxy) is 2. The number of hydrogen-bond acceptors (Lipinski definition) is 7. The SMILES string of the molecule is COC(=O)c1ccc(N2C(=O)NC(=O)/C(=C/c3cc(Br)ccc3OCC(=O)Nc3ccc(C)c(C)c3)C2=O)cc1. The summed E-state index contributed by atoms with van der Waals surface area (Å²) in [6, 6.07) is 15.0. The summed E-state index contributed by atoms with van der Waals surface area (Å²) in [5, 5.41) is 4.92. The van der Waals surface area contributed by atoms with Gasteiger partial charge in [-0.05, 0) is 85.6 Å². The first-order valence-electron chi connectivity index (χ1n) is 12.0. The third kappa shape index (κ3) is 6.26. The van der Waals surface area contributed by atoms with Crippen molar-refractivity contribution in [3.05, 3.63) is 93.0 Å². The highest BCUT2D eigenvalue weighted by Crippen LogP contribution is 2.28. The third-order valence-electron chi connectivity index (χ3n) is 6.07. The predicted octanol–water partition coefficient (Wildman–Crippen LogP) is 4.54. The summed E-state index contributed by atoms with van der Waals surface area (Å²) >= 11 is 3.36. The van der Waals surface area contributed by atoms with Crippen LogP contribution in [0.2, 0.25) is 0 Å². The van der Waals surface area contributed by atoms with E-state index < -0.39 is 29.7 Å². The lowest BCUT2D eigenvalue weighted by Crippen LogP contribution is -2.54. The molecule has 11 heteroatoms. The molecule has 0 bridgehead atoms. The maximum atomic E-state index is 13.3. The molecule has 0 aliphatic carbocycles. The normalized spacial score (nSPS) is 14.2. The van der Waals surface area contributed by atoms with Crippen molar-refractivity contribution in [3.63, 3.8) is 0 Å². The highest BCUT2D eigenvalue weighted by Gasteiger charge is 2.37. The van der Waals surface area contributed by atoms with Crippen LogP contribution in [-0.4, -0.2) is 43.4 Å². The van der Waals surface area contributed by atoms with Gasteiger partial charge in [-0.25, -0.2) is 14.5 Å². The highest BCUT2D eigenvalue weighted by molar-refractivity contribution is 9.10. The number of carbonyl (C=O) groups excluding carboxylic acids is 5. The molecule has 4 rings (SSSR count). The van der Waals surface area contributed by atoms with Crippen LogP contribution in [-0.2, 0) is 19.1 Å². The number of rotatable bonds is 7. The van der Waals surface area contributed by atoms with E-state index in [0.29, 0.717) is 15.7 Å². The van der Waals surface area contributed by atoms with E-state index >= 15 is 0 Å². The molecule has 1 aliphatic rings. The average Bonchev–Trinajstić information content (AvgIpc) is 2.92. The Morgan fingerprint density at radius 2 is 1.70 bits per heavy atom. The molecule has 0 atom stereocenters. The summed E-state index contributed by atoms with van der Waals surface area (Å²) in [5.41, 5.74) is 3.11. The fourth-order valence-electron chi connectivity index (χ4n) is 3.83. The Morgan fingerprint density at radius 1 is 0.975 bits per heavy atom. The van der Waals surface area contributed by atoms with E-state index in [2.05, 4.69) is 31.3 Å². The molecule has 0 aromatic heterocycles.